The maximum absolute atomic E-state index is 14.2. The number of methoxy groups -OCH3 is 1. The number of ether oxygens (including phenoxy) is 2. The number of nitrogens with zero attached hydrogens (tertiary/aromatic N) is 1. The van der Waals surface area contributed by atoms with E-state index in [4.69, 9.17) is 4.74 Å². The van der Waals surface area contributed by atoms with Gasteiger partial charge in [0, 0.05) is 6.54 Å². The quantitative estimate of drug-likeness (QED) is 0.283. The van der Waals surface area contributed by atoms with E-state index >= 15 is 0 Å². The molecule has 3 atom stereocenters. The van der Waals surface area contributed by atoms with Crippen LogP contribution < -0.4 is 10.6 Å². The Bertz CT molecular complexity index is 956. The topological polar surface area (TPSA) is 114 Å². The third kappa shape index (κ3) is 10.3. The van der Waals surface area contributed by atoms with Crippen LogP contribution in [0.1, 0.15) is 90.0 Å². The van der Waals surface area contributed by atoms with Crippen molar-refractivity contribution in [3.05, 3.63) is 34.9 Å². The van der Waals surface area contributed by atoms with Gasteiger partial charge in [-0.05, 0) is 58.1 Å². The number of alkyl carbamates (subject to hydrolysis) is 1. The van der Waals surface area contributed by atoms with Crippen LogP contribution in [0.15, 0.2) is 18.2 Å². The zero-order chi connectivity index (χ0) is 29.0. The highest BCUT2D eigenvalue weighted by Crippen LogP contribution is 2.28. The Morgan fingerprint density at radius 2 is 1.71 bits per heavy atom. The summed E-state index contributed by atoms with van der Waals surface area (Å²) in [6.07, 6.45) is 2.39. The van der Waals surface area contributed by atoms with Gasteiger partial charge in [-0.2, -0.15) is 0 Å². The van der Waals surface area contributed by atoms with E-state index in [1.165, 1.54) is 12.0 Å². The molecule has 0 radical (unpaired) electrons. The second-order valence-corrected chi connectivity index (χ2v) is 10.8. The van der Waals surface area contributed by atoms with E-state index in [1.54, 1.807) is 20.8 Å². The molecule has 0 heterocycles. The minimum atomic E-state index is -1.00. The smallest absolute Gasteiger partial charge is 0.408 e. The molecule has 0 saturated heterocycles. The maximum atomic E-state index is 14.2. The number of aryl methyl sites for hydroxylation is 2. The fourth-order valence-electron chi connectivity index (χ4n) is 4.03. The number of rotatable bonds is 13. The number of benzene rings is 1. The molecule has 2 N–H and O–H groups in total. The number of carbonyl (C=O) groups is 4. The van der Waals surface area contributed by atoms with Crippen LogP contribution in [-0.4, -0.2) is 60.6 Å². The Labute approximate surface area is 228 Å². The fraction of sp³-hybridized carbons (Fsp3) is 0.655. The average molecular weight is 534 g/mol. The number of hydrogen-bond donors (Lipinski definition) is 2. The molecular weight excluding hydrogens is 486 g/mol. The van der Waals surface area contributed by atoms with Crippen molar-refractivity contribution in [2.75, 3.05) is 20.2 Å². The Kier molecular flexibility index (Phi) is 13.3. The van der Waals surface area contributed by atoms with E-state index in [0.29, 0.717) is 24.9 Å². The Morgan fingerprint density at radius 3 is 2.26 bits per heavy atom. The monoisotopic (exact) mass is 533 g/mol. The van der Waals surface area contributed by atoms with Crippen LogP contribution in [0, 0.1) is 19.8 Å². The molecule has 1 rings (SSSR count). The molecule has 0 bridgehead atoms. The van der Waals surface area contributed by atoms with Crippen molar-refractivity contribution in [1.82, 2.24) is 15.5 Å². The van der Waals surface area contributed by atoms with Crippen molar-refractivity contribution in [2.24, 2.45) is 5.92 Å². The van der Waals surface area contributed by atoms with Crippen LogP contribution in [-0.2, 0) is 23.9 Å². The first-order chi connectivity index (χ1) is 17.7. The minimum Gasteiger partial charge on any atom is -0.468 e. The lowest BCUT2D eigenvalue weighted by molar-refractivity contribution is -0.145. The number of hydrogen-bond acceptors (Lipinski definition) is 6. The fourth-order valence-corrected chi connectivity index (χ4v) is 4.03. The van der Waals surface area contributed by atoms with Gasteiger partial charge in [-0.3, -0.25) is 14.4 Å². The Balaban J connectivity index is 3.60. The van der Waals surface area contributed by atoms with Gasteiger partial charge >= 0.3 is 12.1 Å². The van der Waals surface area contributed by atoms with Gasteiger partial charge in [-0.1, -0.05) is 63.8 Å². The van der Waals surface area contributed by atoms with Crippen LogP contribution in [0.3, 0.4) is 0 Å². The van der Waals surface area contributed by atoms with Gasteiger partial charge < -0.3 is 25.0 Å². The van der Waals surface area contributed by atoms with Gasteiger partial charge in [-0.15, -0.1) is 0 Å². The molecule has 3 unspecified atom stereocenters. The predicted molar refractivity (Wildman–Crippen MR) is 148 cm³/mol. The van der Waals surface area contributed by atoms with E-state index in [9.17, 15) is 19.2 Å². The highest BCUT2D eigenvalue weighted by atomic mass is 16.6. The number of carbonyl (C=O) groups excluding carboxylic acids is 4. The van der Waals surface area contributed by atoms with Crippen molar-refractivity contribution in [3.8, 4) is 0 Å². The summed E-state index contributed by atoms with van der Waals surface area (Å²) in [6.45, 7) is 14.9. The highest BCUT2D eigenvalue weighted by Gasteiger charge is 2.38. The van der Waals surface area contributed by atoms with Gasteiger partial charge in [0.25, 0.3) is 0 Å². The molecule has 0 aromatic heterocycles. The summed E-state index contributed by atoms with van der Waals surface area (Å²) in [5, 5.41) is 5.41. The van der Waals surface area contributed by atoms with Crippen molar-refractivity contribution in [2.45, 2.75) is 98.8 Å². The van der Waals surface area contributed by atoms with E-state index < -0.39 is 35.7 Å². The number of nitrogens with one attached hydrogen (secondary N) is 2. The third-order valence-corrected chi connectivity index (χ3v) is 6.36. The number of esters is 1. The zero-order valence-electron chi connectivity index (χ0n) is 24.6. The van der Waals surface area contributed by atoms with Gasteiger partial charge in [0.05, 0.1) is 7.11 Å². The molecule has 1 aromatic rings. The SMILES string of the molecule is CCCCCN(C(=O)C(NC(=O)OC(C)(C)C)C(C)CC)C(C(=O)NCC(=O)OC)c1cc(C)ccc1C. The molecule has 0 spiro atoms. The molecule has 0 aliphatic carbocycles. The molecule has 0 aliphatic heterocycles. The van der Waals surface area contributed by atoms with Crippen LogP contribution in [0.4, 0.5) is 4.79 Å². The number of amides is 3. The first-order valence-electron chi connectivity index (χ1n) is 13.5. The van der Waals surface area contributed by atoms with Crippen LogP contribution in [0.5, 0.6) is 0 Å². The van der Waals surface area contributed by atoms with E-state index in [-0.39, 0.29) is 18.4 Å². The van der Waals surface area contributed by atoms with Gasteiger partial charge in [0.2, 0.25) is 11.8 Å². The van der Waals surface area contributed by atoms with Crippen LogP contribution >= 0.6 is 0 Å². The third-order valence-electron chi connectivity index (χ3n) is 6.36. The van der Waals surface area contributed by atoms with Crippen molar-refractivity contribution >= 4 is 23.9 Å². The second kappa shape index (κ2) is 15.3. The zero-order valence-corrected chi connectivity index (χ0v) is 24.6. The lowest BCUT2D eigenvalue weighted by Crippen LogP contribution is -2.55. The summed E-state index contributed by atoms with van der Waals surface area (Å²) >= 11 is 0. The van der Waals surface area contributed by atoms with E-state index in [2.05, 4.69) is 22.3 Å². The lowest BCUT2D eigenvalue weighted by atomic mass is 9.93. The molecular formula is C29H47N3O6. The number of unbranched alkanes of at least 4 members (excludes halogenated alkanes) is 2. The maximum Gasteiger partial charge on any atom is 0.408 e. The summed E-state index contributed by atoms with van der Waals surface area (Å²) < 4.78 is 10.1. The normalized spacial score (nSPS) is 13.6. The molecule has 9 heteroatoms. The first-order valence-corrected chi connectivity index (χ1v) is 13.5. The molecule has 1 aromatic carbocycles. The Morgan fingerprint density at radius 1 is 1.05 bits per heavy atom. The molecule has 3 amide bonds. The summed E-state index contributed by atoms with van der Waals surface area (Å²) in [7, 11) is 1.25. The van der Waals surface area contributed by atoms with Gasteiger partial charge in [-0.25, -0.2) is 4.79 Å². The summed E-state index contributed by atoms with van der Waals surface area (Å²) in [5.74, 6) is -1.68. The van der Waals surface area contributed by atoms with Crippen molar-refractivity contribution < 1.29 is 28.7 Å². The largest absolute Gasteiger partial charge is 0.468 e. The molecule has 0 fully saturated rings. The van der Waals surface area contributed by atoms with Gasteiger partial charge in [0.1, 0.15) is 24.2 Å². The minimum absolute atomic E-state index is 0.221. The molecule has 214 valence electrons. The highest BCUT2D eigenvalue weighted by molar-refractivity contribution is 5.93. The standard InChI is InChI=1S/C29H47N3O6/c1-10-12-13-16-32(27(35)24(20(4)11-2)31-28(36)38-29(6,7)8)25(26(34)30-18-23(33)37-9)22-17-19(3)14-15-21(22)5/h14-15,17,20,24-25H,10-13,16,18H2,1-9H3,(H,30,34)(H,31,36). The average Bonchev–Trinajstić information content (AvgIpc) is 2.85. The molecule has 0 saturated carbocycles. The molecule has 0 aliphatic rings. The van der Waals surface area contributed by atoms with Crippen LogP contribution in [0.2, 0.25) is 0 Å². The van der Waals surface area contributed by atoms with Crippen LogP contribution in [0.25, 0.3) is 0 Å². The second-order valence-electron chi connectivity index (χ2n) is 10.8. The first kappa shape index (κ1) is 32.9. The lowest BCUT2D eigenvalue weighted by Gasteiger charge is -2.36. The van der Waals surface area contributed by atoms with Gasteiger partial charge in [0.15, 0.2) is 0 Å². The summed E-state index contributed by atoms with van der Waals surface area (Å²) in [6, 6.07) is 3.83. The summed E-state index contributed by atoms with van der Waals surface area (Å²) in [5.41, 5.74) is 1.70. The Hall–Kier alpha value is -3.10. The van der Waals surface area contributed by atoms with Crippen molar-refractivity contribution in [3.63, 3.8) is 0 Å². The van der Waals surface area contributed by atoms with E-state index in [0.717, 1.165) is 24.0 Å². The summed E-state index contributed by atoms with van der Waals surface area (Å²) in [4.78, 5) is 54.0. The predicted octanol–water partition coefficient (Wildman–Crippen LogP) is 4.59. The van der Waals surface area contributed by atoms with E-state index in [1.807, 2.05) is 45.9 Å². The molecule has 38 heavy (non-hydrogen) atoms. The molecule has 9 nitrogen and oxygen atoms in total. The van der Waals surface area contributed by atoms with Crippen molar-refractivity contribution in [1.29, 1.82) is 0 Å².